The number of fused-ring (bicyclic) bond motifs is 1. The van der Waals surface area contributed by atoms with Crippen LogP contribution in [0.25, 0.3) is 21.9 Å². The minimum absolute atomic E-state index is 0.269. The second-order valence-corrected chi connectivity index (χ2v) is 9.20. The number of ether oxygens (including phenoxy) is 1. The first-order valence-electron chi connectivity index (χ1n) is 12.8. The molecule has 1 atom stereocenters. The molecule has 0 fully saturated rings. The van der Waals surface area contributed by atoms with Gasteiger partial charge in [-0.1, -0.05) is 95.2 Å². The lowest BCUT2D eigenvalue weighted by Gasteiger charge is -2.14. The summed E-state index contributed by atoms with van der Waals surface area (Å²) in [6.45, 7) is 3.96. The van der Waals surface area contributed by atoms with E-state index in [-0.39, 0.29) is 12.0 Å². The first-order valence-corrected chi connectivity index (χ1v) is 12.8. The van der Waals surface area contributed by atoms with E-state index in [9.17, 15) is 8.78 Å². The van der Waals surface area contributed by atoms with E-state index in [0.29, 0.717) is 11.8 Å². The third kappa shape index (κ3) is 7.25. The van der Waals surface area contributed by atoms with Crippen molar-refractivity contribution in [2.75, 3.05) is 6.61 Å². The SMILES string of the molecule is CCCCCCc1ccc(-c2ccc3c(F)c(OC[C@@H](F)CCCCCC)c(F)cc3c2)cc1. The van der Waals surface area contributed by atoms with Crippen molar-refractivity contribution in [3.05, 3.63) is 65.7 Å². The molecule has 184 valence electrons. The van der Waals surface area contributed by atoms with Crippen LogP contribution in [0.5, 0.6) is 5.75 Å². The van der Waals surface area contributed by atoms with Crippen molar-refractivity contribution in [2.24, 2.45) is 0 Å². The van der Waals surface area contributed by atoms with Gasteiger partial charge in [-0.05, 0) is 53.5 Å². The van der Waals surface area contributed by atoms with E-state index in [2.05, 4.69) is 38.1 Å². The Balaban J connectivity index is 1.68. The Bertz CT molecular complexity index is 1030. The standard InChI is InChI=1S/C30H37F3O/c1-3-5-7-9-11-22-13-15-23(16-14-22)24-17-18-27-25(19-24)20-28(32)30(29(27)33)34-21-26(31)12-10-8-6-4-2/h13-20,26H,3-12,21H2,1-2H3/t26-/m0/s1. The number of hydrogen-bond acceptors (Lipinski definition) is 1. The Labute approximate surface area is 202 Å². The van der Waals surface area contributed by atoms with Gasteiger partial charge in [0.25, 0.3) is 0 Å². The monoisotopic (exact) mass is 470 g/mol. The molecule has 0 heterocycles. The van der Waals surface area contributed by atoms with E-state index in [1.54, 1.807) is 12.1 Å². The maximum Gasteiger partial charge on any atom is 0.191 e. The molecule has 1 nitrogen and oxygen atoms in total. The van der Waals surface area contributed by atoms with Gasteiger partial charge in [0, 0.05) is 5.39 Å². The number of aryl methyl sites for hydroxylation is 1. The topological polar surface area (TPSA) is 9.23 Å². The summed E-state index contributed by atoms with van der Waals surface area (Å²) in [6.07, 6.45) is 8.96. The Kier molecular flexibility index (Phi) is 10.3. The predicted octanol–water partition coefficient (Wildman–Crippen LogP) is 9.60. The van der Waals surface area contributed by atoms with E-state index in [4.69, 9.17) is 4.74 Å². The highest BCUT2D eigenvalue weighted by atomic mass is 19.1. The quantitative estimate of drug-likeness (QED) is 0.213. The number of alkyl halides is 1. The van der Waals surface area contributed by atoms with Gasteiger partial charge in [0.1, 0.15) is 12.8 Å². The van der Waals surface area contributed by atoms with Gasteiger partial charge in [-0.25, -0.2) is 13.2 Å². The fourth-order valence-electron chi connectivity index (χ4n) is 4.29. The van der Waals surface area contributed by atoms with Crippen LogP contribution in [-0.4, -0.2) is 12.8 Å². The first kappa shape index (κ1) is 26.1. The summed E-state index contributed by atoms with van der Waals surface area (Å²) in [5, 5.41) is 0.728. The largest absolute Gasteiger partial charge is 0.485 e. The van der Waals surface area contributed by atoms with Crippen LogP contribution in [-0.2, 0) is 6.42 Å². The minimum atomic E-state index is -1.23. The molecular formula is C30H37F3O. The van der Waals surface area contributed by atoms with Crippen LogP contribution < -0.4 is 4.74 Å². The molecule has 0 aliphatic carbocycles. The summed E-state index contributed by atoms with van der Waals surface area (Å²) in [5.41, 5.74) is 3.20. The van der Waals surface area contributed by atoms with Crippen molar-refractivity contribution in [3.8, 4) is 16.9 Å². The molecule has 0 aromatic heterocycles. The second-order valence-electron chi connectivity index (χ2n) is 9.20. The zero-order chi connectivity index (χ0) is 24.3. The fourth-order valence-corrected chi connectivity index (χ4v) is 4.29. The number of halogens is 3. The average molecular weight is 471 g/mol. The van der Waals surface area contributed by atoms with Gasteiger partial charge in [-0.3, -0.25) is 0 Å². The lowest BCUT2D eigenvalue weighted by atomic mass is 9.98. The third-order valence-corrected chi connectivity index (χ3v) is 6.37. The van der Waals surface area contributed by atoms with Crippen LogP contribution in [0.15, 0.2) is 48.5 Å². The lowest BCUT2D eigenvalue weighted by Crippen LogP contribution is -2.14. The van der Waals surface area contributed by atoms with Crippen LogP contribution in [0, 0.1) is 11.6 Å². The molecule has 0 aliphatic rings. The van der Waals surface area contributed by atoms with Crippen LogP contribution in [0.1, 0.15) is 77.2 Å². The highest BCUT2D eigenvalue weighted by Gasteiger charge is 2.18. The molecule has 0 saturated heterocycles. The highest BCUT2D eigenvalue weighted by Crippen LogP contribution is 2.33. The number of rotatable bonds is 14. The van der Waals surface area contributed by atoms with Crippen LogP contribution in [0.4, 0.5) is 13.2 Å². The second kappa shape index (κ2) is 13.4. The lowest BCUT2D eigenvalue weighted by molar-refractivity contribution is 0.174. The summed E-state index contributed by atoms with van der Waals surface area (Å²) in [5.74, 6) is -2.08. The van der Waals surface area contributed by atoms with Crippen molar-refractivity contribution in [2.45, 2.75) is 84.2 Å². The van der Waals surface area contributed by atoms with Crippen LogP contribution in [0.2, 0.25) is 0 Å². The molecular weight excluding hydrogens is 433 g/mol. The number of unbranched alkanes of at least 4 members (excludes halogenated alkanes) is 6. The molecule has 3 rings (SSSR count). The molecule has 3 aromatic carbocycles. The van der Waals surface area contributed by atoms with E-state index in [1.165, 1.54) is 37.3 Å². The fraction of sp³-hybridized carbons (Fsp3) is 0.467. The molecule has 0 amide bonds. The molecule has 0 unspecified atom stereocenters. The zero-order valence-corrected chi connectivity index (χ0v) is 20.5. The van der Waals surface area contributed by atoms with E-state index < -0.39 is 23.6 Å². The molecule has 3 aromatic rings. The highest BCUT2D eigenvalue weighted by molar-refractivity contribution is 5.89. The summed E-state index contributed by atoms with van der Waals surface area (Å²) in [4.78, 5) is 0. The van der Waals surface area contributed by atoms with Crippen LogP contribution in [0.3, 0.4) is 0 Å². The molecule has 0 bridgehead atoms. The van der Waals surface area contributed by atoms with E-state index in [0.717, 1.165) is 43.2 Å². The van der Waals surface area contributed by atoms with Gasteiger partial charge >= 0.3 is 0 Å². The first-order chi connectivity index (χ1) is 16.5. The minimum Gasteiger partial charge on any atom is -0.485 e. The van der Waals surface area contributed by atoms with Gasteiger partial charge < -0.3 is 4.74 Å². The summed E-state index contributed by atoms with van der Waals surface area (Å²) >= 11 is 0. The third-order valence-electron chi connectivity index (χ3n) is 6.37. The summed E-state index contributed by atoms with van der Waals surface area (Å²) in [6, 6.07) is 14.9. The van der Waals surface area contributed by atoms with Gasteiger partial charge in [0.15, 0.2) is 17.4 Å². The van der Waals surface area contributed by atoms with Gasteiger partial charge in [-0.15, -0.1) is 0 Å². The number of benzene rings is 3. The average Bonchev–Trinajstić information content (AvgIpc) is 2.84. The van der Waals surface area contributed by atoms with E-state index in [1.807, 2.05) is 6.07 Å². The van der Waals surface area contributed by atoms with Crippen molar-refractivity contribution in [1.29, 1.82) is 0 Å². The van der Waals surface area contributed by atoms with Gasteiger partial charge in [0.2, 0.25) is 0 Å². The normalized spacial score (nSPS) is 12.3. The maximum atomic E-state index is 15.0. The van der Waals surface area contributed by atoms with Crippen molar-refractivity contribution in [3.63, 3.8) is 0 Å². The summed E-state index contributed by atoms with van der Waals surface area (Å²) < 4.78 is 49.0. The summed E-state index contributed by atoms with van der Waals surface area (Å²) in [7, 11) is 0. The Morgan fingerprint density at radius 1 is 0.765 bits per heavy atom. The van der Waals surface area contributed by atoms with Crippen molar-refractivity contribution < 1.29 is 17.9 Å². The van der Waals surface area contributed by atoms with Crippen LogP contribution >= 0.6 is 0 Å². The van der Waals surface area contributed by atoms with Gasteiger partial charge in [-0.2, -0.15) is 0 Å². The Hall–Kier alpha value is -2.49. The van der Waals surface area contributed by atoms with Gasteiger partial charge in [0.05, 0.1) is 0 Å². The Morgan fingerprint density at radius 2 is 1.44 bits per heavy atom. The molecule has 0 spiro atoms. The number of hydrogen-bond donors (Lipinski definition) is 0. The predicted molar refractivity (Wildman–Crippen MR) is 136 cm³/mol. The van der Waals surface area contributed by atoms with Crippen molar-refractivity contribution >= 4 is 10.8 Å². The molecule has 34 heavy (non-hydrogen) atoms. The molecule has 0 saturated carbocycles. The Morgan fingerprint density at radius 3 is 2.15 bits per heavy atom. The molecule has 0 aliphatic heterocycles. The zero-order valence-electron chi connectivity index (χ0n) is 20.5. The maximum absolute atomic E-state index is 15.0. The smallest absolute Gasteiger partial charge is 0.191 e. The molecule has 0 N–H and O–H groups in total. The van der Waals surface area contributed by atoms with Crippen molar-refractivity contribution in [1.82, 2.24) is 0 Å². The molecule has 4 heteroatoms. The molecule has 0 radical (unpaired) electrons. The van der Waals surface area contributed by atoms with E-state index >= 15 is 4.39 Å².